The van der Waals surface area contributed by atoms with Crippen LogP contribution in [0.25, 0.3) is 0 Å². The highest BCUT2D eigenvalue weighted by Crippen LogP contribution is 2.33. The minimum absolute atomic E-state index is 0.0500. The van der Waals surface area contributed by atoms with Gasteiger partial charge in [0.15, 0.2) is 0 Å². The van der Waals surface area contributed by atoms with Crippen LogP contribution in [0, 0.1) is 5.92 Å². The predicted octanol–water partition coefficient (Wildman–Crippen LogP) is 0.760. The molecule has 1 N–H and O–H groups in total. The van der Waals surface area contributed by atoms with Crippen LogP contribution in [0.3, 0.4) is 0 Å². The van der Waals surface area contributed by atoms with Crippen LogP contribution in [0.4, 0.5) is 0 Å². The van der Waals surface area contributed by atoms with E-state index in [2.05, 4.69) is 22.4 Å². The molecule has 1 saturated heterocycles. The molecule has 2 aliphatic heterocycles. The molecule has 2 aromatic heterocycles. The van der Waals surface area contributed by atoms with Crippen molar-refractivity contribution in [3.05, 3.63) is 51.7 Å². The smallest absolute Gasteiger partial charge is 0.263 e. The number of pyridine rings is 1. The zero-order valence-corrected chi connectivity index (χ0v) is 18.5. The summed E-state index contributed by atoms with van der Waals surface area (Å²) in [6.45, 7) is 4.43. The number of piperazine rings is 1. The van der Waals surface area contributed by atoms with Gasteiger partial charge >= 0.3 is 0 Å². The quantitative estimate of drug-likeness (QED) is 0.744. The molecule has 5 rings (SSSR count). The highest BCUT2D eigenvalue weighted by atomic mass is 16.2. The summed E-state index contributed by atoms with van der Waals surface area (Å²) in [7, 11) is 2.07. The van der Waals surface area contributed by atoms with Gasteiger partial charge in [-0.25, -0.2) is 0 Å². The number of nitrogens with zero attached hydrogens (tertiary/aromatic N) is 5. The molecule has 2 fully saturated rings. The Balaban J connectivity index is 1.23. The Labute approximate surface area is 187 Å². The molecule has 32 heavy (non-hydrogen) atoms. The van der Waals surface area contributed by atoms with Crippen LogP contribution in [0.2, 0.25) is 0 Å². The van der Waals surface area contributed by atoms with Crippen LogP contribution in [0.1, 0.15) is 51.7 Å². The Kier molecular flexibility index (Phi) is 5.58. The Hall–Kier alpha value is -2.94. The van der Waals surface area contributed by atoms with Gasteiger partial charge in [0, 0.05) is 51.5 Å². The SMILES string of the molecule is CN1CCN(C(=O)c2cnn3c2CC(CNC(=O)c2cccn(C4CC4)c2=O)CC3)CC1. The molecule has 1 aliphatic carbocycles. The van der Waals surface area contributed by atoms with Gasteiger partial charge < -0.3 is 19.7 Å². The van der Waals surface area contributed by atoms with E-state index in [1.165, 1.54) is 0 Å². The number of carbonyl (C=O) groups excluding carboxylic acids is 2. The van der Waals surface area contributed by atoms with Gasteiger partial charge in [0.25, 0.3) is 17.4 Å². The van der Waals surface area contributed by atoms with Gasteiger partial charge in [-0.2, -0.15) is 5.10 Å². The zero-order valence-electron chi connectivity index (χ0n) is 18.5. The summed E-state index contributed by atoms with van der Waals surface area (Å²) in [4.78, 5) is 42.5. The molecule has 2 aromatic rings. The number of amides is 2. The average molecular weight is 439 g/mol. The van der Waals surface area contributed by atoms with E-state index in [4.69, 9.17) is 0 Å². The second-order valence-electron chi connectivity index (χ2n) is 9.26. The van der Waals surface area contributed by atoms with Crippen molar-refractivity contribution in [1.82, 2.24) is 29.5 Å². The number of hydrogen-bond donors (Lipinski definition) is 1. The number of hydrogen-bond acceptors (Lipinski definition) is 5. The van der Waals surface area contributed by atoms with Gasteiger partial charge in [0.2, 0.25) is 0 Å². The third kappa shape index (κ3) is 4.09. The van der Waals surface area contributed by atoms with Crippen molar-refractivity contribution in [2.75, 3.05) is 39.8 Å². The van der Waals surface area contributed by atoms with Crippen molar-refractivity contribution in [3.63, 3.8) is 0 Å². The lowest BCUT2D eigenvalue weighted by atomic mass is 9.94. The van der Waals surface area contributed by atoms with E-state index in [9.17, 15) is 14.4 Å². The Morgan fingerprint density at radius 2 is 1.88 bits per heavy atom. The Morgan fingerprint density at radius 1 is 1.09 bits per heavy atom. The maximum Gasteiger partial charge on any atom is 0.263 e. The molecule has 3 aliphatic rings. The number of nitrogens with one attached hydrogen (secondary N) is 1. The molecule has 9 heteroatoms. The summed E-state index contributed by atoms with van der Waals surface area (Å²) in [5, 5.41) is 7.39. The van der Waals surface area contributed by atoms with Crippen molar-refractivity contribution < 1.29 is 9.59 Å². The minimum Gasteiger partial charge on any atom is -0.352 e. The zero-order chi connectivity index (χ0) is 22.2. The molecule has 1 saturated carbocycles. The number of fused-ring (bicyclic) bond motifs is 1. The van der Waals surface area contributed by atoms with Crippen molar-refractivity contribution in [3.8, 4) is 0 Å². The molecule has 1 atom stereocenters. The molecule has 0 spiro atoms. The van der Waals surface area contributed by atoms with E-state index in [-0.39, 0.29) is 34.9 Å². The molecule has 0 bridgehead atoms. The first-order chi connectivity index (χ1) is 15.5. The molecule has 9 nitrogen and oxygen atoms in total. The van der Waals surface area contributed by atoms with Crippen LogP contribution in [-0.4, -0.2) is 75.7 Å². The fourth-order valence-corrected chi connectivity index (χ4v) is 4.69. The van der Waals surface area contributed by atoms with Crippen molar-refractivity contribution >= 4 is 11.8 Å². The van der Waals surface area contributed by atoms with Crippen LogP contribution < -0.4 is 10.9 Å². The van der Waals surface area contributed by atoms with Crippen LogP contribution in [0.15, 0.2) is 29.3 Å². The second kappa shape index (κ2) is 8.54. The molecule has 2 amide bonds. The van der Waals surface area contributed by atoms with Gasteiger partial charge in [0.1, 0.15) is 5.56 Å². The summed E-state index contributed by atoms with van der Waals surface area (Å²) in [5.74, 6) is -0.0664. The highest BCUT2D eigenvalue weighted by Gasteiger charge is 2.30. The molecule has 1 unspecified atom stereocenters. The summed E-state index contributed by atoms with van der Waals surface area (Å²) in [5.41, 5.74) is 1.62. The monoisotopic (exact) mass is 438 g/mol. The van der Waals surface area contributed by atoms with E-state index in [1.807, 2.05) is 9.58 Å². The number of aryl methyl sites for hydroxylation is 1. The van der Waals surface area contributed by atoms with E-state index in [0.717, 1.165) is 57.7 Å². The maximum absolute atomic E-state index is 13.1. The normalized spacial score (nSPS) is 21.3. The topological polar surface area (TPSA) is 92.5 Å². The van der Waals surface area contributed by atoms with E-state index in [0.29, 0.717) is 18.5 Å². The standard InChI is InChI=1S/C23H30N6O3/c1-26-9-11-27(12-10-26)22(31)19-15-25-29-8-6-16(13-20(19)29)14-24-21(30)18-3-2-7-28(23(18)32)17-4-5-17/h2-3,7,15-17H,4-6,8-14H2,1H3,(H,24,30). The van der Waals surface area contributed by atoms with E-state index >= 15 is 0 Å². The van der Waals surface area contributed by atoms with Gasteiger partial charge in [-0.15, -0.1) is 0 Å². The molecule has 170 valence electrons. The summed E-state index contributed by atoms with van der Waals surface area (Å²) in [6.07, 6.45) is 7.01. The van der Waals surface area contributed by atoms with E-state index in [1.54, 1.807) is 29.1 Å². The predicted molar refractivity (Wildman–Crippen MR) is 119 cm³/mol. The van der Waals surface area contributed by atoms with Crippen molar-refractivity contribution in [2.24, 2.45) is 5.92 Å². The molecule has 0 aromatic carbocycles. The highest BCUT2D eigenvalue weighted by molar-refractivity contribution is 5.95. The average Bonchev–Trinajstić information content (AvgIpc) is 3.56. The van der Waals surface area contributed by atoms with Gasteiger partial charge in [0.05, 0.1) is 17.5 Å². The lowest BCUT2D eigenvalue weighted by Crippen LogP contribution is -2.47. The van der Waals surface area contributed by atoms with Crippen LogP contribution in [-0.2, 0) is 13.0 Å². The number of aromatic nitrogens is 3. The summed E-state index contributed by atoms with van der Waals surface area (Å²) in [6, 6.07) is 3.61. The molecular formula is C23H30N6O3. The number of likely N-dealkylation sites (N-methyl/N-ethyl adjacent to an activating group) is 1. The molecule has 4 heterocycles. The summed E-state index contributed by atoms with van der Waals surface area (Å²) < 4.78 is 3.59. The van der Waals surface area contributed by atoms with Gasteiger partial charge in [-0.1, -0.05) is 0 Å². The lowest BCUT2D eigenvalue weighted by Gasteiger charge is -2.32. The third-order valence-corrected chi connectivity index (χ3v) is 6.91. The van der Waals surface area contributed by atoms with Crippen molar-refractivity contribution in [1.29, 1.82) is 0 Å². The first-order valence-electron chi connectivity index (χ1n) is 11.5. The second-order valence-corrected chi connectivity index (χ2v) is 9.26. The minimum atomic E-state index is -0.321. The fourth-order valence-electron chi connectivity index (χ4n) is 4.69. The Bertz CT molecular complexity index is 1080. The van der Waals surface area contributed by atoms with E-state index < -0.39 is 0 Å². The van der Waals surface area contributed by atoms with Crippen molar-refractivity contribution in [2.45, 2.75) is 38.3 Å². The summed E-state index contributed by atoms with van der Waals surface area (Å²) >= 11 is 0. The van der Waals surface area contributed by atoms with Gasteiger partial charge in [-0.3, -0.25) is 19.1 Å². The first-order valence-corrected chi connectivity index (χ1v) is 11.5. The maximum atomic E-state index is 13.1. The van der Waals surface area contributed by atoms with Crippen LogP contribution >= 0.6 is 0 Å². The molecular weight excluding hydrogens is 408 g/mol. The van der Waals surface area contributed by atoms with Gasteiger partial charge in [-0.05, 0) is 50.8 Å². The lowest BCUT2D eigenvalue weighted by molar-refractivity contribution is 0.0661. The number of carbonyl (C=O) groups is 2. The fraction of sp³-hybridized carbons (Fsp3) is 0.565. The molecule has 0 radical (unpaired) electrons. The number of rotatable bonds is 5. The third-order valence-electron chi connectivity index (χ3n) is 6.91. The Morgan fingerprint density at radius 3 is 2.62 bits per heavy atom. The largest absolute Gasteiger partial charge is 0.352 e. The van der Waals surface area contributed by atoms with Crippen LogP contribution in [0.5, 0.6) is 0 Å². The first kappa shape index (κ1) is 20.9.